The molecule has 0 atom stereocenters. The molecule has 33 heavy (non-hydrogen) atoms. The van der Waals surface area contributed by atoms with Crippen LogP contribution in [-0.2, 0) is 20.9 Å². The molecule has 178 valence electrons. The highest BCUT2D eigenvalue weighted by Crippen LogP contribution is 2.41. The first-order valence-corrected chi connectivity index (χ1v) is 11.4. The zero-order valence-electron chi connectivity index (χ0n) is 19.8. The molecule has 1 saturated heterocycles. The molecule has 0 radical (unpaired) electrons. The van der Waals surface area contributed by atoms with Gasteiger partial charge in [0, 0.05) is 37.3 Å². The van der Waals surface area contributed by atoms with Crippen LogP contribution in [0.4, 0.5) is 5.69 Å². The van der Waals surface area contributed by atoms with Gasteiger partial charge in [-0.25, -0.2) is 4.79 Å². The summed E-state index contributed by atoms with van der Waals surface area (Å²) < 4.78 is 22.8. The average Bonchev–Trinajstić information content (AvgIpc) is 3.64. The average molecular weight is 456 g/mol. The molecule has 0 spiro atoms. The van der Waals surface area contributed by atoms with E-state index in [1.165, 1.54) is 0 Å². The van der Waals surface area contributed by atoms with Crippen LogP contribution >= 0.6 is 0 Å². The van der Waals surface area contributed by atoms with Crippen LogP contribution in [-0.4, -0.2) is 50.2 Å². The largest absolute Gasteiger partial charge is 0.496 e. The number of nitrogens with one attached hydrogen (secondary N) is 1. The molecule has 1 aliphatic carbocycles. The number of rotatable bonds is 9. The summed E-state index contributed by atoms with van der Waals surface area (Å²) in [6.07, 6.45) is 3.31. The summed E-state index contributed by atoms with van der Waals surface area (Å²) >= 11 is 0. The summed E-state index contributed by atoms with van der Waals surface area (Å²) in [5.41, 5.74) is 4.74. The minimum atomic E-state index is -1.03. The topological polar surface area (TPSA) is 86.3 Å². The van der Waals surface area contributed by atoms with E-state index in [-0.39, 0.29) is 0 Å². The molecule has 1 heterocycles. The molecule has 0 aromatic heterocycles. The lowest BCUT2D eigenvalue weighted by molar-refractivity contribution is -0.145. The monoisotopic (exact) mass is 455 g/mol. The minimum Gasteiger partial charge on any atom is -0.496 e. The van der Waals surface area contributed by atoms with E-state index in [1.807, 2.05) is 38.1 Å². The van der Waals surface area contributed by atoms with Crippen LogP contribution in [0.3, 0.4) is 0 Å². The van der Waals surface area contributed by atoms with Crippen LogP contribution in [0.1, 0.15) is 42.4 Å². The molecular weight excluding hydrogens is 422 g/mol. The highest BCUT2D eigenvalue weighted by Gasteiger charge is 2.40. The predicted octanol–water partition coefficient (Wildman–Crippen LogP) is 4.71. The van der Waals surface area contributed by atoms with Crippen LogP contribution in [0, 0.1) is 13.8 Å². The lowest BCUT2D eigenvalue weighted by Gasteiger charge is -2.35. The van der Waals surface area contributed by atoms with E-state index in [0.717, 1.165) is 57.8 Å². The maximum atomic E-state index is 12.1. The quantitative estimate of drug-likeness (QED) is 0.566. The number of carboxylic acid groups (broad SMARTS) is 1. The Kier molecular flexibility index (Phi) is 6.81. The lowest BCUT2D eigenvalue weighted by Crippen LogP contribution is -2.50. The Hall–Kier alpha value is -2.77. The fourth-order valence-electron chi connectivity index (χ4n) is 4.55. The fourth-order valence-corrected chi connectivity index (χ4v) is 4.55. The maximum Gasteiger partial charge on any atom is 0.329 e. The molecule has 7 heteroatoms. The van der Waals surface area contributed by atoms with E-state index in [0.29, 0.717) is 38.8 Å². The van der Waals surface area contributed by atoms with Crippen LogP contribution in [0.2, 0.25) is 0 Å². The molecule has 2 N–H and O–H groups in total. The Bertz CT molecular complexity index is 1020. The Morgan fingerprint density at radius 3 is 2.42 bits per heavy atom. The highest BCUT2D eigenvalue weighted by atomic mass is 16.5. The number of hydrogen-bond donors (Lipinski definition) is 2. The van der Waals surface area contributed by atoms with Gasteiger partial charge in [0.15, 0.2) is 0 Å². The van der Waals surface area contributed by atoms with Crippen molar-refractivity contribution >= 4 is 11.7 Å². The highest BCUT2D eigenvalue weighted by molar-refractivity contribution is 5.84. The van der Waals surface area contributed by atoms with Crippen molar-refractivity contribution in [2.45, 2.75) is 57.8 Å². The smallest absolute Gasteiger partial charge is 0.329 e. The number of carbonyl (C=O) groups is 1. The standard InChI is InChI=1S/C26H33NO6/c1-16-22(14-23(30-3)17(2)24(16)31-4)21-8-5-19(13-18(21)15-33-20-6-7-20)27-26(25(28)29)9-11-32-12-10-26/h5,8,13-14,20,27H,6-7,9-12,15H2,1-4H3,(H,28,29). The zero-order valence-corrected chi connectivity index (χ0v) is 19.8. The van der Waals surface area contributed by atoms with Gasteiger partial charge in [0.05, 0.1) is 26.9 Å². The van der Waals surface area contributed by atoms with Gasteiger partial charge < -0.3 is 29.4 Å². The summed E-state index contributed by atoms with van der Waals surface area (Å²) in [4.78, 5) is 12.1. The van der Waals surface area contributed by atoms with Crippen molar-refractivity contribution < 1.29 is 28.8 Å². The SMILES string of the molecule is COc1cc(-c2ccc(NC3(C(=O)O)CCOCC3)cc2COC2CC2)c(C)c(OC)c1C. The number of anilines is 1. The second kappa shape index (κ2) is 9.61. The molecule has 4 rings (SSSR count). The Labute approximate surface area is 195 Å². The molecule has 2 fully saturated rings. The summed E-state index contributed by atoms with van der Waals surface area (Å²) in [7, 11) is 3.33. The van der Waals surface area contributed by atoms with Crippen molar-refractivity contribution in [2.24, 2.45) is 0 Å². The third-order valence-electron chi connectivity index (χ3n) is 6.69. The first kappa shape index (κ1) is 23.4. The third kappa shape index (κ3) is 4.80. The van der Waals surface area contributed by atoms with Gasteiger partial charge in [0.25, 0.3) is 0 Å². The van der Waals surface area contributed by atoms with E-state index < -0.39 is 11.5 Å². The van der Waals surface area contributed by atoms with Gasteiger partial charge in [-0.05, 0) is 67.1 Å². The predicted molar refractivity (Wildman–Crippen MR) is 126 cm³/mol. The molecular formula is C26H33NO6. The molecule has 0 unspecified atom stereocenters. The molecule has 0 bridgehead atoms. The molecule has 2 aliphatic rings. The third-order valence-corrected chi connectivity index (χ3v) is 6.69. The number of ether oxygens (including phenoxy) is 4. The van der Waals surface area contributed by atoms with Crippen molar-refractivity contribution in [1.29, 1.82) is 0 Å². The Morgan fingerprint density at radius 1 is 1.09 bits per heavy atom. The van der Waals surface area contributed by atoms with Gasteiger partial charge in [-0.15, -0.1) is 0 Å². The number of aliphatic carboxylic acids is 1. The number of carboxylic acids is 1. The lowest BCUT2D eigenvalue weighted by atomic mass is 9.89. The fraction of sp³-hybridized carbons (Fsp3) is 0.500. The Morgan fingerprint density at radius 2 is 1.82 bits per heavy atom. The van der Waals surface area contributed by atoms with Gasteiger partial charge >= 0.3 is 5.97 Å². The van der Waals surface area contributed by atoms with E-state index >= 15 is 0 Å². The van der Waals surface area contributed by atoms with E-state index in [4.69, 9.17) is 18.9 Å². The van der Waals surface area contributed by atoms with Crippen molar-refractivity contribution in [3.8, 4) is 22.6 Å². The number of methoxy groups -OCH3 is 2. The summed E-state index contributed by atoms with van der Waals surface area (Å²) in [5.74, 6) is 0.706. The van der Waals surface area contributed by atoms with Crippen LogP contribution < -0.4 is 14.8 Å². The van der Waals surface area contributed by atoms with E-state index in [2.05, 4.69) is 5.32 Å². The normalized spacial score (nSPS) is 17.5. The van der Waals surface area contributed by atoms with Crippen molar-refractivity contribution in [3.05, 3.63) is 41.0 Å². The second-order valence-electron chi connectivity index (χ2n) is 8.92. The molecule has 2 aromatic rings. The van der Waals surface area contributed by atoms with Gasteiger partial charge in [0.1, 0.15) is 17.0 Å². The first-order valence-electron chi connectivity index (χ1n) is 11.4. The van der Waals surface area contributed by atoms with Gasteiger partial charge in [0.2, 0.25) is 0 Å². The van der Waals surface area contributed by atoms with Gasteiger partial charge in [-0.2, -0.15) is 0 Å². The number of hydrogen-bond acceptors (Lipinski definition) is 6. The van der Waals surface area contributed by atoms with Crippen molar-refractivity contribution in [1.82, 2.24) is 0 Å². The zero-order chi connectivity index (χ0) is 23.6. The molecule has 2 aromatic carbocycles. The summed E-state index contributed by atoms with van der Waals surface area (Å²) in [6, 6.07) is 8.01. The van der Waals surface area contributed by atoms with E-state index in [1.54, 1.807) is 14.2 Å². The molecule has 0 amide bonds. The maximum absolute atomic E-state index is 12.1. The van der Waals surface area contributed by atoms with Crippen molar-refractivity contribution in [3.63, 3.8) is 0 Å². The molecule has 1 aliphatic heterocycles. The second-order valence-corrected chi connectivity index (χ2v) is 8.92. The van der Waals surface area contributed by atoms with Gasteiger partial charge in [-0.3, -0.25) is 0 Å². The first-order chi connectivity index (χ1) is 15.9. The van der Waals surface area contributed by atoms with E-state index in [9.17, 15) is 9.90 Å². The minimum absolute atomic E-state index is 0.304. The van der Waals surface area contributed by atoms with Crippen molar-refractivity contribution in [2.75, 3.05) is 32.8 Å². The Balaban J connectivity index is 1.75. The molecule has 1 saturated carbocycles. The summed E-state index contributed by atoms with van der Waals surface area (Å²) in [6.45, 7) is 5.34. The summed E-state index contributed by atoms with van der Waals surface area (Å²) in [5, 5.41) is 13.2. The molecule has 7 nitrogen and oxygen atoms in total. The number of benzene rings is 2. The van der Waals surface area contributed by atoms with Crippen LogP contribution in [0.15, 0.2) is 24.3 Å². The van der Waals surface area contributed by atoms with Gasteiger partial charge in [-0.1, -0.05) is 6.07 Å². The van der Waals surface area contributed by atoms with Crippen LogP contribution in [0.25, 0.3) is 11.1 Å². The van der Waals surface area contributed by atoms with Crippen LogP contribution in [0.5, 0.6) is 11.5 Å².